The first-order chi connectivity index (χ1) is 17.0. The molecule has 10 heteroatoms. The summed E-state index contributed by atoms with van der Waals surface area (Å²) in [5, 5.41) is 0.456. The first-order valence-corrected chi connectivity index (χ1v) is 12.0. The average molecular weight is 502 g/mol. The second kappa shape index (κ2) is 11.5. The van der Waals surface area contributed by atoms with Gasteiger partial charge in [-0.3, -0.25) is 14.6 Å². The monoisotopic (exact) mass is 501 g/mol. The van der Waals surface area contributed by atoms with Crippen LogP contribution in [-0.2, 0) is 9.53 Å². The van der Waals surface area contributed by atoms with Gasteiger partial charge in [-0.05, 0) is 35.9 Å². The van der Waals surface area contributed by atoms with Gasteiger partial charge in [-0.1, -0.05) is 17.4 Å². The van der Waals surface area contributed by atoms with Crippen LogP contribution < -0.4 is 19.1 Å². The summed E-state index contributed by atoms with van der Waals surface area (Å²) >= 11 is 1.29. The SMILES string of the molecule is COc1cc(/C=C/C(=O)N(CCN2CCOCC2)c2nc3c(F)cccc3s2)cc(OC)c1OC. The molecule has 186 valence electrons. The van der Waals surface area contributed by atoms with Gasteiger partial charge in [0.1, 0.15) is 11.3 Å². The second-order valence-electron chi connectivity index (χ2n) is 7.82. The zero-order chi connectivity index (χ0) is 24.8. The van der Waals surface area contributed by atoms with Crippen molar-refractivity contribution in [3.05, 3.63) is 47.8 Å². The van der Waals surface area contributed by atoms with Crippen LogP contribution in [0.2, 0.25) is 0 Å². The molecule has 1 fully saturated rings. The van der Waals surface area contributed by atoms with E-state index in [0.717, 1.165) is 13.1 Å². The summed E-state index contributed by atoms with van der Waals surface area (Å²) in [5.41, 5.74) is 0.974. The lowest BCUT2D eigenvalue weighted by molar-refractivity contribution is -0.114. The lowest BCUT2D eigenvalue weighted by atomic mass is 10.1. The molecule has 0 bridgehead atoms. The lowest BCUT2D eigenvalue weighted by Gasteiger charge is -2.28. The molecule has 0 atom stereocenters. The number of benzene rings is 2. The molecule has 4 rings (SSSR count). The van der Waals surface area contributed by atoms with E-state index in [1.54, 1.807) is 35.2 Å². The Hall–Kier alpha value is -3.21. The number of fused-ring (bicyclic) bond motifs is 1. The van der Waals surface area contributed by atoms with Crippen molar-refractivity contribution in [3.63, 3.8) is 0 Å². The van der Waals surface area contributed by atoms with Crippen LogP contribution >= 0.6 is 11.3 Å². The number of carbonyl (C=O) groups is 1. The number of methoxy groups -OCH3 is 3. The Morgan fingerprint density at radius 2 is 1.89 bits per heavy atom. The summed E-state index contributed by atoms with van der Waals surface area (Å²) in [4.78, 5) is 21.6. The lowest BCUT2D eigenvalue weighted by Crippen LogP contribution is -2.42. The smallest absolute Gasteiger partial charge is 0.252 e. The quantitative estimate of drug-likeness (QED) is 0.413. The molecule has 0 spiro atoms. The van der Waals surface area contributed by atoms with E-state index in [2.05, 4.69) is 9.88 Å². The Morgan fingerprint density at radius 3 is 2.51 bits per heavy atom. The third kappa shape index (κ3) is 5.72. The fourth-order valence-electron chi connectivity index (χ4n) is 3.84. The van der Waals surface area contributed by atoms with Gasteiger partial charge in [-0.2, -0.15) is 0 Å². The molecule has 8 nitrogen and oxygen atoms in total. The van der Waals surface area contributed by atoms with Crippen LogP contribution in [0.3, 0.4) is 0 Å². The summed E-state index contributed by atoms with van der Waals surface area (Å²) in [6, 6.07) is 8.34. The van der Waals surface area contributed by atoms with E-state index in [9.17, 15) is 9.18 Å². The van der Waals surface area contributed by atoms with E-state index in [1.807, 2.05) is 0 Å². The molecular formula is C25H28FN3O5S. The molecule has 0 N–H and O–H groups in total. The number of halogens is 1. The molecule has 0 aliphatic carbocycles. The standard InChI is InChI=1S/C25H28FN3O5S/c1-31-19-15-17(16-20(32-2)24(19)33-3)7-8-22(30)29(10-9-28-11-13-34-14-12-28)25-27-23-18(26)5-4-6-21(23)35-25/h4-8,15-16H,9-14H2,1-3H3/b8-7+. The van der Waals surface area contributed by atoms with Crippen molar-refractivity contribution in [2.75, 3.05) is 65.6 Å². The van der Waals surface area contributed by atoms with Gasteiger partial charge in [0, 0.05) is 32.3 Å². The van der Waals surface area contributed by atoms with Crippen LogP contribution in [0, 0.1) is 5.82 Å². The highest BCUT2D eigenvalue weighted by atomic mass is 32.1. The van der Waals surface area contributed by atoms with Crippen molar-refractivity contribution >= 4 is 38.7 Å². The molecule has 0 radical (unpaired) electrons. The van der Waals surface area contributed by atoms with Crippen LogP contribution in [0.5, 0.6) is 17.2 Å². The number of aromatic nitrogens is 1. The molecule has 1 saturated heterocycles. The summed E-state index contributed by atoms with van der Waals surface area (Å²) in [6.07, 6.45) is 3.16. The fourth-order valence-corrected chi connectivity index (χ4v) is 4.85. The molecule has 1 amide bonds. The molecule has 35 heavy (non-hydrogen) atoms. The van der Waals surface area contributed by atoms with Gasteiger partial charge in [-0.25, -0.2) is 9.37 Å². The normalized spacial score (nSPS) is 14.4. The molecule has 0 saturated carbocycles. The number of ether oxygens (including phenoxy) is 4. The van der Waals surface area contributed by atoms with E-state index in [0.29, 0.717) is 58.9 Å². The van der Waals surface area contributed by atoms with Gasteiger partial charge in [0.15, 0.2) is 16.6 Å². The third-order valence-electron chi connectivity index (χ3n) is 5.70. The molecule has 1 aliphatic rings. The predicted molar refractivity (Wildman–Crippen MR) is 134 cm³/mol. The minimum absolute atomic E-state index is 0.258. The summed E-state index contributed by atoms with van der Waals surface area (Å²) in [5.74, 6) is 0.793. The van der Waals surface area contributed by atoms with Gasteiger partial charge < -0.3 is 18.9 Å². The molecule has 3 aromatic rings. The van der Waals surface area contributed by atoms with Crippen molar-refractivity contribution in [2.45, 2.75) is 0 Å². The second-order valence-corrected chi connectivity index (χ2v) is 8.83. The largest absolute Gasteiger partial charge is 0.493 e. The van der Waals surface area contributed by atoms with Crippen LogP contribution in [0.1, 0.15) is 5.56 Å². The molecule has 1 aromatic heterocycles. The summed E-state index contributed by atoms with van der Waals surface area (Å²) < 4.78 is 36.6. The van der Waals surface area contributed by atoms with E-state index in [-0.39, 0.29) is 11.4 Å². The molecular weight excluding hydrogens is 473 g/mol. The molecule has 2 heterocycles. The van der Waals surface area contributed by atoms with Crippen LogP contribution in [-0.4, -0.2) is 76.5 Å². The van der Waals surface area contributed by atoms with E-state index in [4.69, 9.17) is 18.9 Å². The van der Waals surface area contributed by atoms with Gasteiger partial charge in [0.25, 0.3) is 5.91 Å². The van der Waals surface area contributed by atoms with Crippen molar-refractivity contribution < 1.29 is 28.1 Å². The number of amides is 1. The first kappa shape index (κ1) is 24.9. The Kier molecular flexibility index (Phi) is 8.17. The number of carbonyl (C=O) groups excluding carboxylic acids is 1. The van der Waals surface area contributed by atoms with Crippen molar-refractivity contribution in [3.8, 4) is 17.2 Å². The van der Waals surface area contributed by atoms with Gasteiger partial charge in [0.2, 0.25) is 5.75 Å². The Labute approximate surface area is 207 Å². The van der Waals surface area contributed by atoms with Crippen molar-refractivity contribution in [2.24, 2.45) is 0 Å². The summed E-state index contributed by atoms with van der Waals surface area (Å²) in [6.45, 7) is 4.02. The maximum Gasteiger partial charge on any atom is 0.252 e. The number of nitrogens with zero attached hydrogens (tertiary/aromatic N) is 3. The van der Waals surface area contributed by atoms with Gasteiger partial charge >= 0.3 is 0 Å². The fraction of sp³-hybridized carbons (Fsp3) is 0.360. The van der Waals surface area contributed by atoms with E-state index < -0.39 is 5.82 Å². The zero-order valence-electron chi connectivity index (χ0n) is 20.0. The highest BCUT2D eigenvalue weighted by Crippen LogP contribution is 2.38. The van der Waals surface area contributed by atoms with Crippen molar-refractivity contribution in [1.82, 2.24) is 9.88 Å². The molecule has 1 aliphatic heterocycles. The Bertz CT molecular complexity index is 1180. The number of hydrogen-bond acceptors (Lipinski definition) is 8. The third-order valence-corrected chi connectivity index (χ3v) is 6.75. The highest BCUT2D eigenvalue weighted by Gasteiger charge is 2.21. The number of morpholine rings is 1. The van der Waals surface area contributed by atoms with E-state index >= 15 is 0 Å². The average Bonchev–Trinajstić information content (AvgIpc) is 3.32. The number of anilines is 1. The minimum atomic E-state index is -0.404. The predicted octanol–water partition coefficient (Wildman–Crippen LogP) is 3.84. The van der Waals surface area contributed by atoms with Gasteiger partial charge in [-0.15, -0.1) is 0 Å². The van der Waals surface area contributed by atoms with Crippen molar-refractivity contribution in [1.29, 1.82) is 0 Å². The zero-order valence-corrected chi connectivity index (χ0v) is 20.8. The number of para-hydroxylation sites is 1. The topological polar surface area (TPSA) is 73.4 Å². The van der Waals surface area contributed by atoms with Crippen LogP contribution in [0.25, 0.3) is 16.3 Å². The Balaban J connectivity index is 1.61. The molecule has 0 unspecified atom stereocenters. The number of rotatable bonds is 9. The number of hydrogen-bond donors (Lipinski definition) is 0. The maximum absolute atomic E-state index is 14.3. The van der Waals surface area contributed by atoms with E-state index in [1.165, 1.54) is 44.8 Å². The van der Waals surface area contributed by atoms with Gasteiger partial charge in [0.05, 0.1) is 39.2 Å². The molecule has 2 aromatic carbocycles. The van der Waals surface area contributed by atoms with Crippen LogP contribution in [0.4, 0.5) is 9.52 Å². The summed E-state index contributed by atoms with van der Waals surface area (Å²) in [7, 11) is 4.61. The minimum Gasteiger partial charge on any atom is -0.493 e. The first-order valence-electron chi connectivity index (χ1n) is 11.2. The Morgan fingerprint density at radius 1 is 1.17 bits per heavy atom. The highest BCUT2D eigenvalue weighted by molar-refractivity contribution is 7.22. The number of thiazole rings is 1. The maximum atomic E-state index is 14.3. The van der Waals surface area contributed by atoms with Crippen LogP contribution in [0.15, 0.2) is 36.4 Å².